The molecule has 46 valence electrons. The topological polar surface area (TPSA) is 39.6 Å². The number of nitrogens with one attached hydrogen (secondary N) is 1. The zero-order valence-electron chi connectivity index (χ0n) is 6.21. The maximum Gasteiger partial charge on any atom is 1.00 e. The maximum atomic E-state index is 8.38. The van der Waals surface area contributed by atoms with Crippen LogP contribution < -0.4 is 59.1 Å². The van der Waals surface area contributed by atoms with E-state index >= 15 is 0 Å². The van der Waals surface area contributed by atoms with Crippen LogP contribution in [0, 0.1) is 16.0 Å². The number of nitriles is 1. The van der Waals surface area contributed by atoms with Gasteiger partial charge in [-0.25, -0.2) is 0 Å². The van der Waals surface area contributed by atoms with E-state index in [1.165, 1.54) is 11.5 Å². The summed E-state index contributed by atoms with van der Waals surface area (Å²) >= 11 is 9.97. The molecule has 0 atom stereocenters. The Morgan fingerprint density at radius 1 is 1.55 bits per heavy atom. The molecule has 0 amide bonds. The van der Waals surface area contributed by atoms with Crippen LogP contribution >= 0.6 is 36.4 Å². The second kappa shape index (κ2) is 7.13. The first kappa shape index (κ1) is 15.2. The van der Waals surface area contributed by atoms with E-state index in [1.54, 1.807) is 0 Å². The number of H-pyrrole nitrogens is 1. The van der Waals surface area contributed by atoms with Gasteiger partial charge in [-0.05, 0) is 11.5 Å². The van der Waals surface area contributed by atoms with Crippen molar-refractivity contribution in [2.45, 2.75) is 4.90 Å². The Labute approximate surface area is 124 Å². The molecule has 11 heavy (non-hydrogen) atoms. The molecule has 1 aromatic rings. The summed E-state index contributed by atoms with van der Waals surface area (Å²) in [5.41, 5.74) is 0. The van der Waals surface area contributed by atoms with Crippen molar-refractivity contribution in [1.29, 1.82) is 5.26 Å². The van der Waals surface area contributed by atoms with Crippen molar-refractivity contribution < 1.29 is 59.1 Å². The monoisotopic (exact) mass is 220 g/mol. The molecule has 0 unspecified atom stereocenters. The van der Waals surface area contributed by atoms with Gasteiger partial charge in [-0.1, -0.05) is 12.2 Å². The first-order valence-electron chi connectivity index (χ1n) is 2.06. The number of hydrogen-bond acceptors (Lipinski definition) is 4. The molecule has 0 aromatic carbocycles. The molecule has 2 nitrogen and oxygen atoms in total. The summed E-state index contributed by atoms with van der Waals surface area (Å²) in [7, 11) is 0. The number of rotatable bonds is 0. The van der Waals surface area contributed by atoms with E-state index in [2.05, 4.69) is 17.0 Å². The fraction of sp³-hybridized carbons (Fsp3) is 0. The van der Waals surface area contributed by atoms with E-state index in [1.807, 2.05) is 6.07 Å². The Hall–Kier alpha value is 1.69. The van der Waals surface area contributed by atoms with Gasteiger partial charge in [0.15, 0.2) is 0 Å². The molecule has 0 radical (unpaired) electrons. The normalized spacial score (nSPS) is 7.27. The van der Waals surface area contributed by atoms with Gasteiger partial charge in [0.05, 0.1) is 4.90 Å². The largest absolute Gasteiger partial charge is 1.00 e. The van der Waals surface area contributed by atoms with E-state index < -0.39 is 0 Å². The Morgan fingerprint density at radius 2 is 2.09 bits per heavy atom. The van der Waals surface area contributed by atoms with Gasteiger partial charge in [-0.3, -0.25) is 4.37 Å². The van der Waals surface area contributed by atoms with Crippen molar-refractivity contribution in [1.82, 2.24) is 4.37 Å². The average Bonchev–Trinajstić information content (AvgIpc) is 2.15. The van der Waals surface area contributed by atoms with Gasteiger partial charge in [0.2, 0.25) is 0 Å². The van der Waals surface area contributed by atoms with Gasteiger partial charge in [-0.2, -0.15) is 5.26 Å². The summed E-state index contributed by atoms with van der Waals surface area (Å²) in [5.74, 6) is 0. The molecule has 1 rings (SSSR count). The van der Waals surface area contributed by atoms with E-state index in [-0.39, 0.29) is 59.1 Å². The number of nitrogens with zero attached hydrogens (tertiary/aromatic N) is 1. The summed E-state index contributed by atoms with van der Waals surface area (Å²) in [6.07, 6.45) is 0. The molecule has 0 saturated heterocycles. The summed E-state index contributed by atoms with van der Waals surface area (Å²) in [6, 6.07) is 1.96. The zero-order chi connectivity index (χ0) is 6.85. The third kappa shape index (κ3) is 3.94. The van der Waals surface area contributed by atoms with Crippen LogP contribution in [0.1, 0.15) is 4.88 Å². The number of thiol groups is 1. The summed E-state index contributed by atoms with van der Waals surface area (Å²) in [4.78, 5) is 1.13. The van der Waals surface area contributed by atoms with Crippen LogP contribution in [0.4, 0.5) is 0 Å². The van der Waals surface area contributed by atoms with Crippen molar-refractivity contribution in [3.05, 3.63) is 9.52 Å². The molecular weight excluding hydrogens is 218 g/mol. The second-order valence-corrected chi connectivity index (χ2v) is 2.99. The molecule has 0 saturated carbocycles. The van der Waals surface area contributed by atoms with Crippen molar-refractivity contribution in [2.75, 3.05) is 0 Å². The third-order valence-corrected chi connectivity index (χ3v) is 2.77. The SMILES string of the molecule is N#Cc1s[nH]c(=S)c1S.[Na+].[Na+]. The van der Waals surface area contributed by atoms with E-state index in [0.717, 1.165) is 0 Å². The van der Waals surface area contributed by atoms with Crippen LogP contribution in [0.3, 0.4) is 0 Å². The van der Waals surface area contributed by atoms with E-state index in [4.69, 9.17) is 17.5 Å². The van der Waals surface area contributed by atoms with Crippen LogP contribution in [0.2, 0.25) is 0 Å². The van der Waals surface area contributed by atoms with Gasteiger partial charge in [0.1, 0.15) is 15.6 Å². The van der Waals surface area contributed by atoms with Crippen molar-refractivity contribution in [3.8, 4) is 6.07 Å². The smallest absolute Gasteiger partial charge is 0.300 e. The van der Waals surface area contributed by atoms with Crippen LogP contribution in [0.5, 0.6) is 0 Å². The predicted molar refractivity (Wildman–Crippen MR) is 41.5 cm³/mol. The van der Waals surface area contributed by atoms with Gasteiger partial charge in [-0.15, -0.1) is 12.6 Å². The van der Waals surface area contributed by atoms with Crippen LogP contribution in [0.25, 0.3) is 0 Å². The van der Waals surface area contributed by atoms with Gasteiger partial charge in [0.25, 0.3) is 0 Å². The second-order valence-electron chi connectivity index (χ2n) is 1.32. The zero-order valence-corrected chi connectivity index (χ0v) is 12.7. The van der Waals surface area contributed by atoms with Gasteiger partial charge < -0.3 is 0 Å². The molecule has 0 bridgehead atoms. The fourth-order valence-corrected chi connectivity index (χ4v) is 1.52. The first-order valence-corrected chi connectivity index (χ1v) is 3.73. The van der Waals surface area contributed by atoms with Crippen molar-refractivity contribution in [3.63, 3.8) is 0 Å². The summed E-state index contributed by atoms with van der Waals surface area (Å²) in [6.45, 7) is 0. The molecule has 1 heterocycles. The summed E-state index contributed by atoms with van der Waals surface area (Å²) < 4.78 is 3.29. The van der Waals surface area contributed by atoms with Crippen molar-refractivity contribution in [2.24, 2.45) is 0 Å². The van der Waals surface area contributed by atoms with Crippen LogP contribution in [-0.4, -0.2) is 4.37 Å². The Kier molecular flexibility index (Phi) is 9.83. The van der Waals surface area contributed by atoms with Gasteiger partial charge >= 0.3 is 59.1 Å². The number of aromatic nitrogens is 1. The number of hydrogen-bond donors (Lipinski definition) is 2. The molecule has 7 heteroatoms. The molecule has 1 aromatic heterocycles. The standard InChI is InChI=1S/C4H2N2S3.2Na/c5-1-2-3(7)4(8)6-9-2;;/h7H,(H,6,8);;/q;2*+1. The Morgan fingerprint density at radius 3 is 2.27 bits per heavy atom. The fourth-order valence-electron chi connectivity index (χ4n) is 0.373. The average molecular weight is 220 g/mol. The minimum atomic E-state index is 0. The van der Waals surface area contributed by atoms with Crippen LogP contribution in [0.15, 0.2) is 4.90 Å². The predicted octanol–water partition coefficient (Wildman–Crippen LogP) is -4.03. The Bertz CT molecular complexity index is 310. The molecule has 0 fully saturated rings. The first-order chi connectivity index (χ1) is 4.25. The van der Waals surface area contributed by atoms with Crippen molar-refractivity contribution >= 4 is 36.4 Å². The minimum Gasteiger partial charge on any atom is -0.300 e. The number of aromatic amines is 1. The van der Waals surface area contributed by atoms with E-state index in [0.29, 0.717) is 14.4 Å². The Balaban J connectivity index is 0. The third-order valence-electron chi connectivity index (χ3n) is 0.777. The maximum absolute atomic E-state index is 8.38. The molecule has 0 aliphatic carbocycles. The quantitative estimate of drug-likeness (QED) is 0.266. The molecule has 1 N–H and O–H groups in total. The molecular formula is C4H2N2Na2S3+2. The van der Waals surface area contributed by atoms with E-state index in [9.17, 15) is 0 Å². The molecule has 0 aliphatic heterocycles. The minimum absolute atomic E-state index is 0. The van der Waals surface area contributed by atoms with Gasteiger partial charge in [0, 0.05) is 0 Å². The molecule has 0 aliphatic rings. The summed E-state index contributed by atoms with van der Waals surface area (Å²) in [5, 5.41) is 8.38. The molecule has 0 spiro atoms. The van der Waals surface area contributed by atoms with Crippen LogP contribution in [-0.2, 0) is 0 Å².